The topological polar surface area (TPSA) is 48.7 Å². The molecule has 0 spiro atoms. The largest absolute Gasteiger partial charge is 0.378 e. The summed E-state index contributed by atoms with van der Waals surface area (Å²) in [6, 6.07) is 0. The highest BCUT2D eigenvalue weighted by Gasteiger charge is 2.11. The summed E-state index contributed by atoms with van der Waals surface area (Å²) in [7, 11) is 0. The molecule has 1 heterocycles. The third-order valence-electron chi connectivity index (χ3n) is 1.46. The molecule has 0 bridgehead atoms. The fraction of sp³-hybridized carbons (Fsp3) is 0.667. The minimum absolute atomic E-state index is 0.253. The van der Waals surface area contributed by atoms with Crippen LogP contribution >= 0.6 is 0 Å². The Morgan fingerprint density at radius 3 is 1.81 bits per heavy atom. The van der Waals surface area contributed by atoms with Gasteiger partial charge < -0.3 is 9.64 Å². The monoisotopic (exact) mass is 229 g/mol. The van der Waals surface area contributed by atoms with Crippen LogP contribution in [0.15, 0.2) is 18.2 Å². The number of morpholine rings is 1. The van der Waals surface area contributed by atoms with E-state index in [2.05, 4.69) is 24.9 Å². The van der Waals surface area contributed by atoms with Crippen LogP contribution in [0.5, 0.6) is 0 Å². The second-order valence-corrected chi connectivity index (χ2v) is 2.08. The van der Waals surface area contributed by atoms with E-state index in [9.17, 15) is 0 Å². The molecular weight excluding hydrogens is 202 g/mol. The summed E-state index contributed by atoms with van der Waals surface area (Å²) in [5, 5.41) is 7.27. The average molecular weight is 229 g/mol. The smallest absolute Gasteiger partial charge is 0.217 e. The molecule has 0 radical (unpaired) electrons. The fourth-order valence-corrected chi connectivity index (χ4v) is 0.875. The summed E-state index contributed by atoms with van der Waals surface area (Å²) >= 11 is 0. The second kappa shape index (κ2) is 19.4. The van der Waals surface area contributed by atoms with Crippen molar-refractivity contribution < 1.29 is 4.74 Å². The molecule has 0 aromatic rings. The van der Waals surface area contributed by atoms with Crippen molar-refractivity contribution in [3.05, 3.63) is 13.2 Å². The van der Waals surface area contributed by atoms with Crippen LogP contribution in [-0.2, 0) is 4.74 Å². The Kier molecular flexibility index (Phi) is 24.6. The van der Waals surface area contributed by atoms with Gasteiger partial charge in [0.05, 0.1) is 13.2 Å². The molecule has 0 aromatic carbocycles. The van der Waals surface area contributed by atoms with Crippen LogP contribution in [0.3, 0.4) is 0 Å². The predicted octanol–water partition coefficient (Wildman–Crippen LogP) is 2.81. The Hall–Kier alpha value is -1.16. The standard InChI is InChI=1S/C6H11N3O.2C2H6.C2H4/c1-8-6(7)9-2-4-10-5-3-9;3*1-2/h7H,1-5H2;2*1-2H3;1-2H2. The maximum absolute atomic E-state index is 7.27. The maximum Gasteiger partial charge on any atom is 0.217 e. The highest BCUT2D eigenvalue weighted by molar-refractivity contribution is 5.81. The first-order chi connectivity index (χ1) is 7.84. The van der Waals surface area contributed by atoms with Crippen LogP contribution in [0.25, 0.3) is 0 Å². The van der Waals surface area contributed by atoms with E-state index < -0.39 is 0 Å². The Bertz CT molecular complexity index is 154. The lowest BCUT2D eigenvalue weighted by atomic mass is 10.4. The van der Waals surface area contributed by atoms with E-state index in [4.69, 9.17) is 10.1 Å². The first-order valence-corrected chi connectivity index (χ1v) is 5.72. The number of aliphatic imine (C=N–C) groups is 1. The lowest BCUT2D eigenvalue weighted by molar-refractivity contribution is 0.0673. The maximum atomic E-state index is 7.27. The molecule has 1 fully saturated rings. The van der Waals surface area contributed by atoms with Crippen LogP contribution in [0, 0.1) is 5.41 Å². The average Bonchev–Trinajstić information content (AvgIpc) is 2.45. The Morgan fingerprint density at radius 2 is 1.50 bits per heavy atom. The fourth-order valence-electron chi connectivity index (χ4n) is 0.875. The molecule has 1 aliphatic rings. The number of nitrogens with zero attached hydrogens (tertiary/aromatic N) is 2. The molecule has 1 aliphatic heterocycles. The van der Waals surface area contributed by atoms with Crippen molar-refractivity contribution in [3.8, 4) is 0 Å². The van der Waals surface area contributed by atoms with Gasteiger partial charge in [-0.05, 0) is 6.72 Å². The van der Waals surface area contributed by atoms with E-state index in [1.165, 1.54) is 0 Å². The van der Waals surface area contributed by atoms with Gasteiger partial charge in [-0.2, -0.15) is 0 Å². The Morgan fingerprint density at radius 1 is 1.12 bits per heavy atom. The van der Waals surface area contributed by atoms with Gasteiger partial charge in [0.25, 0.3) is 0 Å². The summed E-state index contributed by atoms with van der Waals surface area (Å²) < 4.78 is 5.09. The molecule has 4 heteroatoms. The first-order valence-electron chi connectivity index (χ1n) is 5.72. The first kappa shape index (κ1) is 20.3. The minimum Gasteiger partial charge on any atom is -0.378 e. The SMILES string of the molecule is C=C.C=NC(=N)N1CCOCC1.CC.CC. The zero-order chi connectivity index (χ0) is 13.4. The molecule has 0 atom stereocenters. The van der Waals surface area contributed by atoms with Gasteiger partial charge in [-0.15, -0.1) is 13.2 Å². The van der Waals surface area contributed by atoms with E-state index in [1.807, 2.05) is 32.6 Å². The second-order valence-electron chi connectivity index (χ2n) is 2.08. The highest BCUT2D eigenvalue weighted by atomic mass is 16.5. The van der Waals surface area contributed by atoms with Gasteiger partial charge in [0.2, 0.25) is 5.96 Å². The molecule has 1 rings (SSSR count). The molecular formula is C12H27N3O. The van der Waals surface area contributed by atoms with Crippen molar-refractivity contribution in [2.75, 3.05) is 26.3 Å². The lowest BCUT2D eigenvalue weighted by Gasteiger charge is -2.26. The van der Waals surface area contributed by atoms with Gasteiger partial charge in [0.1, 0.15) is 0 Å². The van der Waals surface area contributed by atoms with Gasteiger partial charge in [0.15, 0.2) is 0 Å². The van der Waals surface area contributed by atoms with Crippen molar-refractivity contribution in [2.45, 2.75) is 27.7 Å². The molecule has 0 aliphatic carbocycles. The molecule has 0 unspecified atom stereocenters. The number of guanidine groups is 1. The number of hydrogen-bond donors (Lipinski definition) is 1. The molecule has 1 saturated heterocycles. The quantitative estimate of drug-likeness (QED) is 0.394. The van der Waals surface area contributed by atoms with E-state index in [-0.39, 0.29) is 5.96 Å². The van der Waals surface area contributed by atoms with Crippen LogP contribution in [0.2, 0.25) is 0 Å². The predicted molar refractivity (Wildman–Crippen MR) is 73.6 cm³/mol. The summed E-state index contributed by atoms with van der Waals surface area (Å²) in [4.78, 5) is 5.36. The number of rotatable bonds is 0. The molecule has 0 amide bonds. The molecule has 4 nitrogen and oxygen atoms in total. The van der Waals surface area contributed by atoms with E-state index in [0.29, 0.717) is 13.2 Å². The Labute approximate surface area is 101 Å². The summed E-state index contributed by atoms with van der Waals surface area (Å²) in [6.07, 6.45) is 0. The summed E-state index contributed by atoms with van der Waals surface area (Å²) in [6.45, 7) is 20.2. The normalized spacial score (nSPS) is 12.6. The van der Waals surface area contributed by atoms with Gasteiger partial charge in [-0.25, -0.2) is 4.99 Å². The number of nitrogens with one attached hydrogen (secondary N) is 1. The molecule has 0 saturated carbocycles. The number of ether oxygens (including phenoxy) is 1. The highest BCUT2D eigenvalue weighted by Crippen LogP contribution is 1.96. The van der Waals surface area contributed by atoms with Gasteiger partial charge >= 0.3 is 0 Å². The van der Waals surface area contributed by atoms with Gasteiger partial charge in [-0.1, -0.05) is 27.7 Å². The van der Waals surface area contributed by atoms with Crippen molar-refractivity contribution in [2.24, 2.45) is 4.99 Å². The molecule has 0 aromatic heterocycles. The van der Waals surface area contributed by atoms with E-state index >= 15 is 0 Å². The zero-order valence-electron chi connectivity index (χ0n) is 11.3. The van der Waals surface area contributed by atoms with Crippen LogP contribution in [-0.4, -0.2) is 43.9 Å². The summed E-state index contributed by atoms with van der Waals surface area (Å²) in [5.74, 6) is 0.253. The van der Waals surface area contributed by atoms with Crippen molar-refractivity contribution in [1.82, 2.24) is 4.90 Å². The Balaban J connectivity index is -0.000000245. The molecule has 96 valence electrons. The van der Waals surface area contributed by atoms with Crippen molar-refractivity contribution in [3.63, 3.8) is 0 Å². The summed E-state index contributed by atoms with van der Waals surface area (Å²) in [5.41, 5.74) is 0. The minimum atomic E-state index is 0.253. The van der Waals surface area contributed by atoms with E-state index in [1.54, 1.807) is 0 Å². The van der Waals surface area contributed by atoms with Crippen molar-refractivity contribution in [1.29, 1.82) is 5.41 Å². The van der Waals surface area contributed by atoms with Crippen LogP contribution in [0.4, 0.5) is 0 Å². The molecule has 1 N–H and O–H groups in total. The van der Waals surface area contributed by atoms with Crippen molar-refractivity contribution >= 4 is 12.7 Å². The van der Waals surface area contributed by atoms with E-state index in [0.717, 1.165) is 13.1 Å². The lowest BCUT2D eigenvalue weighted by Crippen LogP contribution is -2.39. The van der Waals surface area contributed by atoms with Crippen LogP contribution in [0.1, 0.15) is 27.7 Å². The van der Waals surface area contributed by atoms with Crippen LogP contribution < -0.4 is 0 Å². The number of hydrogen-bond acceptors (Lipinski definition) is 2. The third-order valence-corrected chi connectivity index (χ3v) is 1.46. The van der Waals surface area contributed by atoms with Gasteiger partial charge in [-0.3, -0.25) is 5.41 Å². The van der Waals surface area contributed by atoms with Gasteiger partial charge in [0, 0.05) is 13.1 Å². The molecule has 16 heavy (non-hydrogen) atoms. The third kappa shape index (κ3) is 10.9. The zero-order valence-corrected chi connectivity index (χ0v) is 11.3.